The highest BCUT2D eigenvalue weighted by molar-refractivity contribution is 5.95. The van der Waals surface area contributed by atoms with Crippen molar-refractivity contribution in [2.24, 2.45) is 5.92 Å². The van der Waals surface area contributed by atoms with Crippen LogP contribution in [0.25, 0.3) is 0 Å². The van der Waals surface area contributed by atoms with E-state index in [4.69, 9.17) is 9.47 Å². The molecular weight excluding hydrogens is 192 g/mol. The van der Waals surface area contributed by atoms with Crippen LogP contribution >= 0.6 is 0 Å². The van der Waals surface area contributed by atoms with Gasteiger partial charge < -0.3 is 9.47 Å². The maximum Gasteiger partial charge on any atom is 0.170 e. The number of rotatable bonds is 0. The minimum Gasteiger partial charge on any atom is -0.371 e. The van der Waals surface area contributed by atoms with Crippen molar-refractivity contribution in [2.75, 3.05) is 6.61 Å². The van der Waals surface area contributed by atoms with E-state index in [0.717, 1.165) is 25.9 Å². The summed E-state index contributed by atoms with van der Waals surface area (Å²) in [5.74, 6) is 0.435. The van der Waals surface area contributed by atoms with Gasteiger partial charge in [0.1, 0.15) is 11.7 Å². The smallest absolute Gasteiger partial charge is 0.170 e. The van der Waals surface area contributed by atoms with Crippen LogP contribution in [0, 0.1) is 5.92 Å². The Kier molecular flexibility index (Phi) is 2.15. The van der Waals surface area contributed by atoms with E-state index in [-0.39, 0.29) is 23.7 Å². The summed E-state index contributed by atoms with van der Waals surface area (Å²) in [5, 5.41) is 0. The third kappa shape index (κ3) is 1.23. The Bertz CT molecular complexity index is 289. The van der Waals surface area contributed by atoms with E-state index >= 15 is 0 Å². The van der Waals surface area contributed by atoms with Gasteiger partial charge >= 0.3 is 0 Å². The van der Waals surface area contributed by atoms with Crippen LogP contribution in [0.15, 0.2) is 0 Å². The molecule has 1 spiro atoms. The third-order valence-electron chi connectivity index (χ3n) is 4.21. The summed E-state index contributed by atoms with van der Waals surface area (Å²) in [4.78, 5) is 11.9. The zero-order valence-corrected chi connectivity index (χ0v) is 9.20. The Morgan fingerprint density at radius 2 is 2.20 bits per heavy atom. The lowest BCUT2D eigenvalue weighted by Gasteiger charge is -2.54. The molecule has 2 aliphatic carbocycles. The van der Waals surface area contributed by atoms with Crippen molar-refractivity contribution in [3.63, 3.8) is 0 Å². The van der Waals surface area contributed by atoms with Crippen LogP contribution in [0.1, 0.15) is 39.0 Å². The predicted octanol–water partition coefficient (Wildman–Crippen LogP) is 1.69. The molecule has 2 saturated carbocycles. The molecule has 0 aromatic rings. The Morgan fingerprint density at radius 1 is 1.33 bits per heavy atom. The van der Waals surface area contributed by atoms with Gasteiger partial charge in [-0.3, -0.25) is 4.79 Å². The summed E-state index contributed by atoms with van der Waals surface area (Å²) < 4.78 is 11.8. The number of carbonyl (C=O) groups is 1. The standard InChI is InChI=1S/C12H18O3/c1-8-5-7-14-12-6-3-2-4-9(12)10(13)11(12)15-8/h8-9,11H,2-7H2,1H3/t8-,9+,11+,12-/m1/s1. The van der Waals surface area contributed by atoms with E-state index in [2.05, 4.69) is 0 Å². The molecule has 4 atom stereocenters. The van der Waals surface area contributed by atoms with Crippen molar-refractivity contribution < 1.29 is 14.3 Å². The molecule has 15 heavy (non-hydrogen) atoms. The van der Waals surface area contributed by atoms with Crippen LogP contribution in [-0.4, -0.2) is 30.2 Å². The molecular formula is C12H18O3. The fourth-order valence-corrected chi connectivity index (χ4v) is 3.34. The molecule has 0 bridgehead atoms. The Morgan fingerprint density at radius 3 is 3.07 bits per heavy atom. The molecule has 3 aliphatic rings. The van der Waals surface area contributed by atoms with Gasteiger partial charge in [-0.25, -0.2) is 0 Å². The SMILES string of the molecule is C[C@@H]1CCO[C@]23CCCC[C@H]2C(=O)[C@@H]3O1. The second-order valence-corrected chi connectivity index (χ2v) is 5.12. The molecule has 1 saturated heterocycles. The minimum absolute atomic E-state index is 0.140. The molecule has 84 valence electrons. The first kappa shape index (κ1) is 9.79. The van der Waals surface area contributed by atoms with Gasteiger partial charge in [-0.2, -0.15) is 0 Å². The van der Waals surface area contributed by atoms with Crippen LogP contribution < -0.4 is 0 Å². The average molecular weight is 210 g/mol. The predicted molar refractivity (Wildman–Crippen MR) is 54.6 cm³/mol. The van der Waals surface area contributed by atoms with Crippen molar-refractivity contribution in [2.45, 2.75) is 56.8 Å². The van der Waals surface area contributed by atoms with Gasteiger partial charge in [0.25, 0.3) is 0 Å². The summed E-state index contributed by atoms with van der Waals surface area (Å²) in [6.45, 7) is 2.78. The van der Waals surface area contributed by atoms with E-state index in [9.17, 15) is 4.79 Å². The van der Waals surface area contributed by atoms with Crippen molar-refractivity contribution in [1.29, 1.82) is 0 Å². The highest BCUT2D eigenvalue weighted by Gasteiger charge is 2.65. The zero-order valence-electron chi connectivity index (χ0n) is 9.20. The summed E-state index contributed by atoms with van der Waals surface area (Å²) in [6, 6.07) is 0. The van der Waals surface area contributed by atoms with E-state index in [1.54, 1.807) is 0 Å². The number of carbonyl (C=O) groups excluding carboxylic acids is 1. The van der Waals surface area contributed by atoms with Crippen LogP contribution in [0.2, 0.25) is 0 Å². The topological polar surface area (TPSA) is 35.5 Å². The number of hydrogen-bond acceptors (Lipinski definition) is 3. The van der Waals surface area contributed by atoms with Crippen LogP contribution in [0.5, 0.6) is 0 Å². The van der Waals surface area contributed by atoms with E-state index in [1.807, 2.05) is 6.92 Å². The van der Waals surface area contributed by atoms with Gasteiger partial charge in [0, 0.05) is 6.61 Å². The number of ketones is 1. The first-order chi connectivity index (χ1) is 7.24. The molecule has 0 N–H and O–H groups in total. The third-order valence-corrected chi connectivity index (χ3v) is 4.21. The summed E-state index contributed by atoms with van der Waals surface area (Å²) in [7, 11) is 0. The molecule has 3 rings (SSSR count). The molecule has 1 heterocycles. The Balaban J connectivity index is 1.88. The highest BCUT2D eigenvalue weighted by Crippen LogP contribution is 2.51. The molecule has 1 aliphatic heterocycles. The van der Waals surface area contributed by atoms with Gasteiger partial charge in [0.05, 0.1) is 12.0 Å². The van der Waals surface area contributed by atoms with E-state index in [1.165, 1.54) is 12.8 Å². The minimum atomic E-state index is -0.250. The van der Waals surface area contributed by atoms with E-state index < -0.39 is 0 Å². The molecule has 3 nitrogen and oxygen atoms in total. The number of Topliss-reactive ketones (excluding diaryl/α,β-unsaturated/α-hetero) is 1. The zero-order chi connectivity index (χ0) is 10.5. The molecule has 3 heteroatoms. The molecule has 0 radical (unpaired) electrons. The second-order valence-electron chi connectivity index (χ2n) is 5.12. The maximum atomic E-state index is 11.9. The first-order valence-corrected chi connectivity index (χ1v) is 6.07. The van der Waals surface area contributed by atoms with Gasteiger partial charge in [0.15, 0.2) is 5.78 Å². The molecule has 0 amide bonds. The summed E-state index contributed by atoms with van der Waals surface area (Å²) in [6.07, 6.45) is 5.20. The molecule has 3 fully saturated rings. The van der Waals surface area contributed by atoms with Gasteiger partial charge in [-0.15, -0.1) is 0 Å². The van der Waals surface area contributed by atoms with Crippen LogP contribution in [0.4, 0.5) is 0 Å². The Hall–Kier alpha value is -0.410. The first-order valence-electron chi connectivity index (χ1n) is 6.07. The molecule has 0 aromatic carbocycles. The lowest BCUT2D eigenvalue weighted by atomic mass is 9.58. The normalized spacial score (nSPS) is 49.9. The van der Waals surface area contributed by atoms with Crippen LogP contribution in [0.3, 0.4) is 0 Å². The number of hydrogen-bond donors (Lipinski definition) is 0. The summed E-state index contributed by atoms with van der Waals surface area (Å²) in [5.41, 5.74) is -0.222. The van der Waals surface area contributed by atoms with Gasteiger partial charge in [-0.1, -0.05) is 12.8 Å². The molecule has 0 unspecified atom stereocenters. The molecule has 0 aromatic heterocycles. The number of ether oxygens (including phenoxy) is 2. The average Bonchev–Trinajstić information content (AvgIpc) is 2.37. The quantitative estimate of drug-likeness (QED) is 0.610. The van der Waals surface area contributed by atoms with Crippen LogP contribution in [-0.2, 0) is 14.3 Å². The largest absolute Gasteiger partial charge is 0.371 e. The lowest BCUT2D eigenvalue weighted by Crippen LogP contribution is -2.70. The van der Waals surface area contributed by atoms with Crippen molar-refractivity contribution in [1.82, 2.24) is 0 Å². The van der Waals surface area contributed by atoms with Gasteiger partial charge in [0.2, 0.25) is 0 Å². The van der Waals surface area contributed by atoms with Crippen molar-refractivity contribution in [3.05, 3.63) is 0 Å². The van der Waals surface area contributed by atoms with Crippen molar-refractivity contribution >= 4 is 5.78 Å². The monoisotopic (exact) mass is 210 g/mol. The lowest BCUT2D eigenvalue weighted by molar-refractivity contribution is -0.225. The maximum absolute atomic E-state index is 11.9. The summed E-state index contributed by atoms with van der Waals surface area (Å²) >= 11 is 0. The van der Waals surface area contributed by atoms with E-state index in [0.29, 0.717) is 5.78 Å². The fraction of sp³-hybridized carbons (Fsp3) is 0.917. The fourth-order valence-electron chi connectivity index (χ4n) is 3.34. The van der Waals surface area contributed by atoms with Crippen molar-refractivity contribution in [3.8, 4) is 0 Å². The second kappa shape index (κ2) is 3.29. The van der Waals surface area contributed by atoms with Gasteiger partial charge in [-0.05, 0) is 26.2 Å². The Labute approximate surface area is 90.1 Å². The highest BCUT2D eigenvalue weighted by atomic mass is 16.6.